The molecule has 2 aromatic carbocycles. The maximum Gasteiger partial charge on any atom is 0.267 e. The average Bonchev–Trinajstić information content (AvgIpc) is 3.27. The van der Waals surface area contributed by atoms with E-state index in [0.29, 0.717) is 12.2 Å². The summed E-state index contributed by atoms with van der Waals surface area (Å²) in [6.45, 7) is 4.65. The molecule has 0 spiro atoms. The molecule has 4 N–H and O–H groups in total. The molecule has 3 aliphatic heterocycles. The van der Waals surface area contributed by atoms with E-state index >= 15 is 0 Å². The quantitative estimate of drug-likeness (QED) is 0.335. The molecule has 2 saturated heterocycles. The number of piperidine rings is 1. The van der Waals surface area contributed by atoms with Gasteiger partial charge in [-0.3, -0.25) is 44.1 Å². The topological polar surface area (TPSA) is 158 Å². The Labute approximate surface area is 247 Å². The van der Waals surface area contributed by atoms with Gasteiger partial charge < -0.3 is 16.0 Å². The summed E-state index contributed by atoms with van der Waals surface area (Å²) in [5.74, 6) is -2.64. The maximum absolute atomic E-state index is 13.3. The van der Waals surface area contributed by atoms with Crippen LogP contribution >= 0.6 is 0 Å². The smallest absolute Gasteiger partial charge is 0.267 e. The van der Waals surface area contributed by atoms with Crippen LogP contribution in [0, 0.1) is 0 Å². The van der Waals surface area contributed by atoms with Crippen molar-refractivity contribution in [3.63, 3.8) is 0 Å². The number of carbonyl (C=O) groups excluding carboxylic acids is 5. The zero-order chi connectivity index (χ0) is 30.1. The zero-order valence-electron chi connectivity index (χ0n) is 23.4. The van der Waals surface area contributed by atoms with Gasteiger partial charge in [0.15, 0.2) is 0 Å². The number of fused-ring (bicyclic) bond motifs is 1. The van der Waals surface area contributed by atoms with E-state index in [9.17, 15) is 24.0 Å². The number of rotatable bonds is 8. The molecule has 1 unspecified atom stereocenters. The minimum Gasteiger partial charge on any atom is -0.380 e. The van der Waals surface area contributed by atoms with Gasteiger partial charge in [0.1, 0.15) is 11.7 Å². The van der Waals surface area contributed by atoms with Gasteiger partial charge in [-0.15, -0.1) is 0 Å². The van der Waals surface area contributed by atoms with Crippen LogP contribution in [0.25, 0.3) is 0 Å². The van der Waals surface area contributed by atoms with E-state index in [4.69, 9.17) is 5.73 Å². The number of benzene rings is 2. The third-order valence-corrected chi connectivity index (χ3v) is 8.11. The van der Waals surface area contributed by atoms with Crippen molar-refractivity contribution in [1.29, 1.82) is 0 Å². The van der Waals surface area contributed by atoms with E-state index in [1.165, 1.54) is 5.56 Å². The molecule has 0 saturated carbocycles. The van der Waals surface area contributed by atoms with Crippen molar-refractivity contribution >= 4 is 40.9 Å². The molecular weight excluding hydrogens is 550 g/mol. The van der Waals surface area contributed by atoms with Crippen molar-refractivity contribution in [2.24, 2.45) is 5.73 Å². The third-order valence-electron chi connectivity index (χ3n) is 8.11. The second-order valence-electron chi connectivity index (χ2n) is 10.9. The van der Waals surface area contributed by atoms with Gasteiger partial charge in [-0.05, 0) is 41.8 Å². The Balaban J connectivity index is 1.04. The number of primary amides is 1. The van der Waals surface area contributed by atoms with E-state index in [0.717, 1.165) is 48.9 Å². The van der Waals surface area contributed by atoms with Crippen molar-refractivity contribution in [2.45, 2.75) is 32.0 Å². The van der Waals surface area contributed by atoms with Gasteiger partial charge >= 0.3 is 0 Å². The highest BCUT2D eigenvalue weighted by Crippen LogP contribution is 2.32. The van der Waals surface area contributed by atoms with Gasteiger partial charge in [0.25, 0.3) is 17.7 Å². The van der Waals surface area contributed by atoms with Crippen molar-refractivity contribution in [3.05, 3.63) is 88.7 Å². The second kappa shape index (κ2) is 11.6. The van der Waals surface area contributed by atoms with Crippen molar-refractivity contribution < 1.29 is 24.0 Å². The lowest BCUT2D eigenvalue weighted by atomic mass is 10.0. The first-order chi connectivity index (χ1) is 20.8. The first kappa shape index (κ1) is 28.0. The largest absolute Gasteiger partial charge is 0.380 e. The van der Waals surface area contributed by atoms with Gasteiger partial charge in [-0.25, -0.2) is 0 Å². The number of nitrogens with two attached hydrogens (primary N) is 1. The number of nitrogens with zero attached hydrogens (tertiary/aromatic N) is 4. The highest BCUT2D eigenvalue weighted by atomic mass is 16.2. The van der Waals surface area contributed by atoms with Crippen molar-refractivity contribution in [2.75, 3.05) is 36.4 Å². The van der Waals surface area contributed by atoms with E-state index in [1.807, 2.05) is 18.2 Å². The first-order valence-electron chi connectivity index (χ1n) is 14.2. The molecule has 2 fully saturated rings. The van der Waals surface area contributed by atoms with Crippen LogP contribution in [0.3, 0.4) is 0 Å². The summed E-state index contributed by atoms with van der Waals surface area (Å²) in [4.78, 5) is 71.4. The number of nitrogens with one attached hydrogen (secondary N) is 2. The van der Waals surface area contributed by atoms with E-state index in [2.05, 4.69) is 37.6 Å². The first-order valence-corrected chi connectivity index (χ1v) is 14.2. The summed E-state index contributed by atoms with van der Waals surface area (Å²) in [6, 6.07) is 15.9. The van der Waals surface area contributed by atoms with Crippen LogP contribution in [0.2, 0.25) is 0 Å². The van der Waals surface area contributed by atoms with Crippen LogP contribution < -0.4 is 21.3 Å². The minimum atomic E-state index is -1.00. The highest BCUT2D eigenvalue weighted by molar-refractivity contribution is 6.25. The molecule has 0 aliphatic carbocycles. The van der Waals surface area contributed by atoms with Gasteiger partial charge in [-0.2, -0.15) is 0 Å². The van der Waals surface area contributed by atoms with Crippen LogP contribution in [0.15, 0.2) is 60.8 Å². The van der Waals surface area contributed by atoms with Gasteiger partial charge in [-0.1, -0.05) is 30.3 Å². The summed E-state index contributed by atoms with van der Waals surface area (Å²) < 4.78 is 0. The number of amides is 5. The second-order valence-corrected chi connectivity index (χ2v) is 10.9. The molecule has 43 heavy (non-hydrogen) atoms. The normalized spacial score (nSPS) is 18.9. The fourth-order valence-electron chi connectivity index (χ4n) is 5.80. The minimum absolute atomic E-state index is 0.0753. The number of aromatic nitrogens is 1. The summed E-state index contributed by atoms with van der Waals surface area (Å²) in [6.07, 6.45) is 1.80. The lowest BCUT2D eigenvalue weighted by molar-refractivity contribution is -0.136. The molecule has 4 heterocycles. The molecule has 1 aromatic heterocycles. The Hall–Kier alpha value is -5.10. The summed E-state index contributed by atoms with van der Waals surface area (Å²) in [7, 11) is 0. The zero-order valence-corrected chi connectivity index (χ0v) is 23.4. The average molecular weight is 582 g/mol. The van der Waals surface area contributed by atoms with Crippen molar-refractivity contribution in [3.8, 4) is 0 Å². The van der Waals surface area contributed by atoms with Gasteiger partial charge in [0, 0.05) is 63.3 Å². The molecule has 3 aliphatic rings. The molecule has 12 nitrogen and oxygen atoms in total. The fourth-order valence-corrected chi connectivity index (χ4v) is 5.80. The number of piperazine rings is 1. The van der Waals surface area contributed by atoms with Crippen LogP contribution in [-0.4, -0.2) is 76.5 Å². The Bertz CT molecular complexity index is 1610. The van der Waals surface area contributed by atoms with Crippen molar-refractivity contribution in [1.82, 2.24) is 20.1 Å². The third kappa shape index (κ3) is 5.69. The molecule has 220 valence electrons. The maximum atomic E-state index is 13.3. The van der Waals surface area contributed by atoms with Gasteiger partial charge in [0.2, 0.25) is 11.8 Å². The van der Waals surface area contributed by atoms with Crippen LogP contribution in [-0.2, 0) is 22.7 Å². The fraction of sp³-hybridized carbons (Fsp3) is 0.290. The molecule has 1 atom stereocenters. The summed E-state index contributed by atoms with van der Waals surface area (Å²) >= 11 is 0. The number of pyridine rings is 1. The Morgan fingerprint density at radius 1 is 0.953 bits per heavy atom. The summed E-state index contributed by atoms with van der Waals surface area (Å²) in [5.41, 5.74) is 9.77. The lowest BCUT2D eigenvalue weighted by Gasteiger charge is -2.36. The number of carbonyl (C=O) groups is 5. The Kier molecular flexibility index (Phi) is 7.59. The molecular formula is C31H31N7O5. The van der Waals surface area contributed by atoms with Crippen LogP contribution in [0.1, 0.15) is 55.2 Å². The number of hydrogen-bond acceptors (Lipinski definition) is 9. The lowest BCUT2D eigenvalue weighted by Crippen LogP contribution is -2.54. The predicted molar refractivity (Wildman–Crippen MR) is 157 cm³/mol. The van der Waals surface area contributed by atoms with Gasteiger partial charge in [0.05, 0.1) is 11.1 Å². The summed E-state index contributed by atoms with van der Waals surface area (Å²) in [5, 5.41) is 5.50. The van der Waals surface area contributed by atoms with E-state index in [1.54, 1.807) is 30.5 Å². The SMILES string of the molecule is NC(=O)c1cc(N2CCN(Cc3ccc(CNc4cccc5c4C(=O)N(C4CCC(=O)NC4=O)C5=O)cc3)CC2)ccn1. The molecule has 3 aromatic rings. The van der Waals surface area contributed by atoms with Crippen LogP contribution in [0.5, 0.6) is 0 Å². The Morgan fingerprint density at radius 2 is 1.70 bits per heavy atom. The molecule has 12 heteroatoms. The monoisotopic (exact) mass is 581 g/mol. The predicted octanol–water partition coefficient (Wildman–Crippen LogP) is 1.52. The molecule has 5 amide bonds. The van der Waals surface area contributed by atoms with E-state index in [-0.39, 0.29) is 29.7 Å². The Morgan fingerprint density at radius 3 is 2.42 bits per heavy atom. The standard InChI is InChI=1S/C31H31N7O5/c32-28(40)24-16-21(10-11-33-24)37-14-12-36(13-15-37)18-20-6-4-19(5-7-20)17-34-23-3-1-2-22-27(23)31(43)38(30(22)42)25-8-9-26(39)35-29(25)41/h1-7,10-11,16,25,34H,8-9,12-15,17-18H2,(H2,32,40)(H,35,39,41). The molecule has 0 bridgehead atoms. The molecule has 0 radical (unpaired) electrons. The van der Waals surface area contributed by atoms with Crippen LogP contribution in [0.4, 0.5) is 11.4 Å². The number of anilines is 2. The number of hydrogen-bond donors (Lipinski definition) is 3. The number of imide groups is 2. The highest BCUT2D eigenvalue weighted by Gasteiger charge is 2.45. The van der Waals surface area contributed by atoms with E-state index < -0.39 is 35.6 Å². The molecule has 6 rings (SSSR count).